The van der Waals surface area contributed by atoms with E-state index in [1.807, 2.05) is 6.07 Å². The first-order valence-electron chi connectivity index (χ1n) is 7.84. The second kappa shape index (κ2) is 6.18. The highest BCUT2D eigenvalue weighted by atomic mass is 16.5. The molecule has 0 saturated carbocycles. The first-order chi connectivity index (χ1) is 10.5. The topological polar surface area (TPSA) is 62.4 Å². The first-order valence-corrected chi connectivity index (χ1v) is 7.84. The third kappa shape index (κ3) is 3.05. The highest BCUT2D eigenvalue weighted by Gasteiger charge is 2.31. The lowest BCUT2D eigenvalue weighted by atomic mass is 10.0. The van der Waals surface area contributed by atoms with Gasteiger partial charge in [-0.3, -0.25) is 4.90 Å². The van der Waals surface area contributed by atoms with E-state index < -0.39 is 6.10 Å². The third-order valence-electron chi connectivity index (χ3n) is 4.53. The standard InChI is InChI=1S/C17H23N3O2/c1-11-6-7-14(9-12(11)2)16(21)10-20-8-4-5-15(20)17-18-13(3)22-19-17/h6-7,9,15-16,21H,4-5,8,10H2,1-3H3/t15-,16-/m1/s1. The van der Waals surface area contributed by atoms with Gasteiger partial charge in [0, 0.05) is 13.5 Å². The van der Waals surface area contributed by atoms with Crippen molar-refractivity contribution in [3.05, 3.63) is 46.6 Å². The zero-order valence-electron chi connectivity index (χ0n) is 13.4. The maximum absolute atomic E-state index is 10.6. The van der Waals surface area contributed by atoms with E-state index in [4.69, 9.17) is 4.52 Å². The molecule has 5 heteroatoms. The summed E-state index contributed by atoms with van der Waals surface area (Å²) in [5.74, 6) is 1.33. The summed E-state index contributed by atoms with van der Waals surface area (Å²) in [5, 5.41) is 14.6. The lowest BCUT2D eigenvalue weighted by Gasteiger charge is -2.25. The highest BCUT2D eigenvalue weighted by molar-refractivity contribution is 5.31. The summed E-state index contributed by atoms with van der Waals surface area (Å²) < 4.78 is 5.09. The summed E-state index contributed by atoms with van der Waals surface area (Å²) in [7, 11) is 0. The summed E-state index contributed by atoms with van der Waals surface area (Å²) in [5.41, 5.74) is 3.43. The van der Waals surface area contributed by atoms with Crippen LogP contribution in [-0.2, 0) is 0 Å². The molecule has 1 N–H and O–H groups in total. The zero-order chi connectivity index (χ0) is 15.7. The number of β-amino-alcohol motifs (C(OH)–C–C–N with tert-alkyl or cyclic N) is 1. The number of aryl methyl sites for hydroxylation is 3. The number of rotatable bonds is 4. The van der Waals surface area contributed by atoms with Crippen molar-refractivity contribution >= 4 is 0 Å². The van der Waals surface area contributed by atoms with Crippen molar-refractivity contribution in [2.75, 3.05) is 13.1 Å². The van der Waals surface area contributed by atoms with Gasteiger partial charge in [0.05, 0.1) is 12.1 Å². The van der Waals surface area contributed by atoms with Gasteiger partial charge < -0.3 is 9.63 Å². The number of aliphatic hydroxyl groups excluding tert-OH is 1. The van der Waals surface area contributed by atoms with E-state index in [0.29, 0.717) is 12.4 Å². The van der Waals surface area contributed by atoms with Gasteiger partial charge in [0.15, 0.2) is 5.82 Å². The Hall–Kier alpha value is -1.72. The van der Waals surface area contributed by atoms with Gasteiger partial charge in [0.25, 0.3) is 0 Å². The minimum atomic E-state index is -0.493. The molecule has 2 aromatic rings. The zero-order valence-corrected chi connectivity index (χ0v) is 13.4. The average molecular weight is 301 g/mol. The van der Waals surface area contributed by atoms with Gasteiger partial charge in [-0.15, -0.1) is 0 Å². The molecule has 0 unspecified atom stereocenters. The molecule has 0 radical (unpaired) electrons. The summed E-state index contributed by atoms with van der Waals surface area (Å²) in [6.07, 6.45) is 1.61. The van der Waals surface area contributed by atoms with Gasteiger partial charge >= 0.3 is 0 Å². The Morgan fingerprint density at radius 1 is 1.32 bits per heavy atom. The molecular weight excluding hydrogens is 278 g/mol. The minimum absolute atomic E-state index is 0.152. The molecule has 1 aromatic heterocycles. The highest BCUT2D eigenvalue weighted by Crippen LogP contribution is 2.32. The van der Waals surface area contributed by atoms with Crippen LogP contribution in [0.5, 0.6) is 0 Å². The Bertz CT molecular complexity index is 653. The van der Waals surface area contributed by atoms with Gasteiger partial charge in [-0.2, -0.15) is 4.98 Å². The molecule has 118 valence electrons. The van der Waals surface area contributed by atoms with E-state index in [9.17, 15) is 5.11 Å². The van der Waals surface area contributed by atoms with Crippen LogP contribution in [0.3, 0.4) is 0 Å². The van der Waals surface area contributed by atoms with E-state index >= 15 is 0 Å². The van der Waals surface area contributed by atoms with Crippen LogP contribution in [0.1, 0.15) is 53.4 Å². The molecular formula is C17H23N3O2. The second-order valence-electron chi connectivity index (χ2n) is 6.18. The van der Waals surface area contributed by atoms with Crippen LogP contribution in [0.25, 0.3) is 0 Å². The summed E-state index contributed by atoms with van der Waals surface area (Å²) in [4.78, 5) is 6.60. The van der Waals surface area contributed by atoms with Crippen molar-refractivity contribution in [1.82, 2.24) is 15.0 Å². The van der Waals surface area contributed by atoms with Crippen LogP contribution < -0.4 is 0 Å². The molecule has 2 heterocycles. The van der Waals surface area contributed by atoms with Crippen LogP contribution in [0, 0.1) is 20.8 Å². The second-order valence-corrected chi connectivity index (χ2v) is 6.18. The maximum atomic E-state index is 10.6. The average Bonchev–Trinajstić information content (AvgIpc) is 3.10. The fraction of sp³-hybridized carbons (Fsp3) is 0.529. The van der Waals surface area contributed by atoms with E-state index in [1.165, 1.54) is 11.1 Å². The molecule has 1 saturated heterocycles. The molecule has 3 rings (SSSR count). The van der Waals surface area contributed by atoms with Crippen LogP contribution in [0.2, 0.25) is 0 Å². The number of benzene rings is 1. The monoisotopic (exact) mass is 301 g/mol. The van der Waals surface area contributed by atoms with Crippen LogP contribution in [-0.4, -0.2) is 33.2 Å². The van der Waals surface area contributed by atoms with Crippen molar-refractivity contribution in [2.24, 2.45) is 0 Å². The number of aliphatic hydroxyl groups is 1. The normalized spacial score (nSPS) is 20.5. The number of aromatic nitrogens is 2. The fourth-order valence-electron chi connectivity index (χ4n) is 3.09. The predicted molar refractivity (Wildman–Crippen MR) is 83.5 cm³/mol. The Morgan fingerprint density at radius 3 is 2.82 bits per heavy atom. The number of nitrogens with zero attached hydrogens (tertiary/aromatic N) is 3. The number of hydrogen-bond acceptors (Lipinski definition) is 5. The molecule has 5 nitrogen and oxygen atoms in total. The van der Waals surface area contributed by atoms with E-state index in [1.54, 1.807) is 6.92 Å². The summed E-state index contributed by atoms with van der Waals surface area (Å²) in [6.45, 7) is 7.52. The Balaban J connectivity index is 1.72. The van der Waals surface area contributed by atoms with Crippen molar-refractivity contribution < 1.29 is 9.63 Å². The van der Waals surface area contributed by atoms with Crippen molar-refractivity contribution in [3.8, 4) is 0 Å². The smallest absolute Gasteiger partial charge is 0.223 e. The van der Waals surface area contributed by atoms with Crippen molar-refractivity contribution in [2.45, 2.75) is 45.8 Å². The van der Waals surface area contributed by atoms with Gasteiger partial charge in [0.1, 0.15) is 0 Å². The van der Waals surface area contributed by atoms with Gasteiger partial charge in [-0.25, -0.2) is 0 Å². The lowest BCUT2D eigenvalue weighted by molar-refractivity contribution is 0.103. The van der Waals surface area contributed by atoms with Crippen LogP contribution in [0.15, 0.2) is 22.7 Å². The Morgan fingerprint density at radius 2 is 2.14 bits per heavy atom. The van der Waals surface area contributed by atoms with Crippen LogP contribution >= 0.6 is 0 Å². The van der Waals surface area contributed by atoms with Crippen molar-refractivity contribution in [3.63, 3.8) is 0 Å². The number of hydrogen-bond donors (Lipinski definition) is 1. The lowest BCUT2D eigenvalue weighted by Crippen LogP contribution is -2.29. The van der Waals surface area contributed by atoms with E-state index in [0.717, 1.165) is 30.8 Å². The SMILES string of the molecule is Cc1nc([C@H]2CCCN2C[C@@H](O)c2ccc(C)c(C)c2)no1. The molecule has 0 amide bonds. The molecule has 22 heavy (non-hydrogen) atoms. The van der Waals surface area contributed by atoms with Crippen LogP contribution in [0.4, 0.5) is 0 Å². The number of likely N-dealkylation sites (tertiary alicyclic amines) is 1. The molecule has 2 atom stereocenters. The quantitative estimate of drug-likeness (QED) is 0.941. The molecule has 1 aliphatic rings. The first kappa shape index (κ1) is 15.2. The van der Waals surface area contributed by atoms with E-state index in [2.05, 4.69) is 41.0 Å². The Labute approximate surface area is 131 Å². The molecule has 1 aliphatic heterocycles. The minimum Gasteiger partial charge on any atom is -0.387 e. The fourth-order valence-corrected chi connectivity index (χ4v) is 3.09. The largest absolute Gasteiger partial charge is 0.387 e. The molecule has 0 bridgehead atoms. The van der Waals surface area contributed by atoms with Gasteiger partial charge in [-0.05, 0) is 49.9 Å². The molecule has 1 aromatic carbocycles. The molecule has 0 spiro atoms. The molecule has 0 aliphatic carbocycles. The van der Waals surface area contributed by atoms with Crippen molar-refractivity contribution in [1.29, 1.82) is 0 Å². The van der Waals surface area contributed by atoms with Gasteiger partial charge in [0.2, 0.25) is 5.89 Å². The molecule has 1 fully saturated rings. The third-order valence-corrected chi connectivity index (χ3v) is 4.53. The maximum Gasteiger partial charge on any atom is 0.223 e. The summed E-state index contributed by atoms with van der Waals surface area (Å²) in [6, 6.07) is 6.30. The Kier molecular flexibility index (Phi) is 4.27. The predicted octanol–water partition coefficient (Wildman–Crippen LogP) is 2.87. The van der Waals surface area contributed by atoms with E-state index in [-0.39, 0.29) is 6.04 Å². The summed E-state index contributed by atoms with van der Waals surface area (Å²) >= 11 is 0. The van der Waals surface area contributed by atoms with Gasteiger partial charge in [-0.1, -0.05) is 23.4 Å².